The third kappa shape index (κ3) is 3.52. The number of thioether (sulfide) groups is 1. The van der Waals surface area contributed by atoms with Crippen LogP contribution in [0.1, 0.15) is 50.5 Å². The molecule has 0 fully saturated rings. The van der Waals surface area contributed by atoms with Crippen LogP contribution in [-0.2, 0) is 6.42 Å². The highest BCUT2D eigenvalue weighted by Crippen LogP contribution is 2.30. The standard InChI is InChI=1S/C14H23NOS/c1-3-17-10-8-11(2)15-13-5-4-6-14-12(13)7-9-16-14/h7,9,11,13,15H,3-6,8,10H2,1-2H3. The van der Waals surface area contributed by atoms with Gasteiger partial charge in [-0.3, -0.25) is 0 Å². The van der Waals surface area contributed by atoms with Gasteiger partial charge in [0.1, 0.15) is 5.76 Å². The Labute approximate surface area is 109 Å². The average Bonchev–Trinajstić information content (AvgIpc) is 2.78. The van der Waals surface area contributed by atoms with E-state index in [1.165, 1.54) is 42.1 Å². The van der Waals surface area contributed by atoms with Crippen LogP contribution in [0.2, 0.25) is 0 Å². The molecule has 3 heteroatoms. The van der Waals surface area contributed by atoms with E-state index in [1.54, 1.807) is 0 Å². The van der Waals surface area contributed by atoms with E-state index in [0.717, 1.165) is 6.42 Å². The van der Waals surface area contributed by atoms with E-state index >= 15 is 0 Å². The third-order valence-corrected chi connectivity index (χ3v) is 4.37. The second-order valence-corrected chi connectivity index (χ2v) is 6.19. The third-order valence-electron chi connectivity index (χ3n) is 3.44. The maximum absolute atomic E-state index is 5.52. The molecular formula is C14H23NOS. The fourth-order valence-corrected chi connectivity index (χ4v) is 3.30. The highest BCUT2D eigenvalue weighted by Gasteiger charge is 2.23. The van der Waals surface area contributed by atoms with Crippen LogP contribution < -0.4 is 5.32 Å². The summed E-state index contributed by atoms with van der Waals surface area (Å²) in [5.41, 5.74) is 1.39. The van der Waals surface area contributed by atoms with Crippen LogP contribution in [-0.4, -0.2) is 17.5 Å². The molecule has 1 N–H and O–H groups in total. The minimum Gasteiger partial charge on any atom is -0.469 e. The van der Waals surface area contributed by atoms with Crippen molar-refractivity contribution in [2.45, 2.75) is 51.6 Å². The van der Waals surface area contributed by atoms with Gasteiger partial charge in [-0.15, -0.1) is 0 Å². The molecule has 2 atom stereocenters. The van der Waals surface area contributed by atoms with Gasteiger partial charge < -0.3 is 9.73 Å². The number of fused-ring (bicyclic) bond motifs is 1. The molecule has 1 aromatic rings. The molecule has 1 heterocycles. The van der Waals surface area contributed by atoms with Crippen molar-refractivity contribution in [2.75, 3.05) is 11.5 Å². The van der Waals surface area contributed by atoms with Crippen molar-refractivity contribution in [2.24, 2.45) is 0 Å². The first-order valence-corrected chi connectivity index (χ1v) is 7.86. The molecule has 0 aromatic carbocycles. The number of rotatable bonds is 6. The molecule has 0 radical (unpaired) electrons. The van der Waals surface area contributed by atoms with Crippen LogP contribution in [0.3, 0.4) is 0 Å². The molecule has 1 aromatic heterocycles. The van der Waals surface area contributed by atoms with Gasteiger partial charge in [-0.05, 0) is 43.8 Å². The van der Waals surface area contributed by atoms with Crippen molar-refractivity contribution in [3.8, 4) is 0 Å². The zero-order valence-electron chi connectivity index (χ0n) is 10.9. The second kappa shape index (κ2) is 6.50. The van der Waals surface area contributed by atoms with Crippen LogP contribution in [0.4, 0.5) is 0 Å². The summed E-state index contributed by atoms with van der Waals surface area (Å²) in [4.78, 5) is 0. The highest BCUT2D eigenvalue weighted by atomic mass is 32.2. The van der Waals surface area contributed by atoms with Crippen molar-refractivity contribution < 1.29 is 4.42 Å². The lowest BCUT2D eigenvalue weighted by Gasteiger charge is -2.26. The maximum atomic E-state index is 5.52. The van der Waals surface area contributed by atoms with Gasteiger partial charge in [-0.2, -0.15) is 11.8 Å². The minimum atomic E-state index is 0.513. The Bertz CT molecular complexity index is 337. The molecule has 0 amide bonds. The van der Waals surface area contributed by atoms with Crippen LogP contribution in [0.25, 0.3) is 0 Å². The van der Waals surface area contributed by atoms with E-state index in [9.17, 15) is 0 Å². The zero-order chi connectivity index (χ0) is 12.1. The molecule has 2 unspecified atom stereocenters. The highest BCUT2D eigenvalue weighted by molar-refractivity contribution is 7.99. The van der Waals surface area contributed by atoms with E-state index in [-0.39, 0.29) is 0 Å². The van der Waals surface area contributed by atoms with E-state index in [0.29, 0.717) is 12.1 Å². The summed E-state index contributed by atoms with van der Waals surface area (Å²) < 4.78 is 5.52. The first-order chi connectivity index (χ1) is 8.31. The largest absolute Gasteiger partial charge is 0.469 e. The molecule has 0 spiro atoms. The normalized spacial score (nSPS) is 21.2. The minimum absolute atomic E-state index is 0.513. The SMILES string of the molecule is CCSCCC(C)NC1CCCc2occc21. The number of hydrogen-bond acceptors (Lipinski definition) is 3. The van der Waals surface area contributed by atoms with Crippen molar-refractivity contribution in [3.63, 3.8) is 0 Å². The van der Waals surface area contributed by atoms with Crippen molar-refractivity contribution in [1.29, 1.82) is 0 Å². The molecule has 96 valence electrons. The Morgan fingerprint density at radius 1 is 1.59 bits per heavy atom. The fourth-order valence-electron chi connectivity index (χ4n) is 2.49. The lowest BCUT2D eigenvalue weighted by molar-refractivity contribution is 0.378. The summed E-state index contributed by atoms with van der Waals surface area (Å²) >= 11 is 2.03. The molecule has 0 saturated carbocycles. The second-order valence-electron chi connectivity index (χ2n) is 4.80. The quantitative estimate of drug-likeness (QED) is 0.781. The van der Waals surface area contributed by atoms with Crippen molar-refractivity contribution in [1.82, 2.24) is 5.32 Å². The van der Waals surface area contributed by atoms with Gasteiger partial charge in [0.05, 0.1) is 6.26 Å². The van der Waals surface area contributed by atoms with E-state index < -0.39 is 0 Å². The van der Waals surface area contributed by atoms with Gasteiger partial charge in [0, 0.05) is 24.1 Å². The molecule has 0 saturated heterocycles. The first-order valence-electron chi connectivity index (χ1n) is 6.71. The average molecular weight is 253 g/mol. The number of hydrogen-bond donors (Lipinski definition) is 1. The summed E-state index contributed by atoms with van der Waals surface area (Å²) in [5, 5.41) is 3.75. The Kier molecular flexibility index (Phi) is 4.99. The van der Waals surface area contributed by atoms with Crippen LogP contribution in [0.15, 0.2) is 16.7 Å². The summed E-state index contributed by atoms with van der Waals surface area (Å²) in [6.45, 7) is 4.52. The summed E-state index contributed by atoms with van der Waals surface area (Å²) in [6.07, 6.45) is 6.69. The van der Waals surface area contributed by atoms with Crippen LogP contribution >= 0.6 is 11.8 Å². The predicted molar refractivity (Wildman–Crippen MR) is 74.6 cm³/mol. The van der Waals surface area contributed by atoms with E-state index in [2.05, 4.69) is 25.2 Å². The first kappa shape index (κ1) is 13.0. The van der Waals surface area contributed by atoms with Crippen molar-refractivity contribution >= 4 is 11.8 Å². The number of furan rings is 1. The van der Waals surface area contributed by atoms with Gasteiger partial charge in [0.15, 0.2) is 0 Å². The Morgan fingerprint density at radius 2 is 2.47 bits per heavy atom. The van der Waals surface area contributed by atoms with Crippen LogP contribution in [0.5, 0.6) is 0 Å². The number of aryl methyl sites for hydroxylation is 1. The van der Waals surface area contributed by atoms with E-state index in [4.69, 9.17) is 4.42 Å². The Balaban J connectivity index is 1.84. The fraction of sp³-hybridized carbons (Fsp3) is 0.714. The van der Waals surface area contributed by atoms with E-state index in [1.807, 2.05) is 18.0 Å². The molecule has 2 nitrogen and oxygen atoms in total. The molecule has 0 aliphatic heterocycles. The smallest absolute Gasteiger partial charge is 0.108 e. The maximum Gasteiger partial charge on any atom is 0.108 e. The topological polar surface area (TPSA) is 25.2 Å². The molecule has 1 aliphatic rings. The summed E-state index contributed by atoms with van der Waals surface area (Å²) in [7, 11) is 0. The Morgan fingerprint density at radius 3 is 3.29 bits per heavy atom. The summed E-state index contributed by atoms with van der Waals surface area (Å²) in [5.74, 6) is 3.68. The lowest BCUT2D eigenvalue weighted by atomic mass is 9.93. The van der Waals surface area contributed by atoms with Crippen molar-refractivity contribution in [3.05, 3.63) is 23.7 Å². The molecule has 2 rings (SSSR count). The monoisotopic (exact) mass is 253 g/mol. The molecule has 17 heavy (non-hydrogen) atoms. The Hall–Kier alpha value is -0.410. The van der Waals surface area contributed by atoms with Gasteiger partial charge in [0.2, 0.25) is 0 Å². The molecule has 0 bridgehead atoms. The van der Waals surface area contributed by atoms with Gasteiger partial charge in [-0.25, -0.2) is 0 Å². The lowest BCUT2D eigenvalue weighted by Crippen LogP contribution is -2.32. The molecule has 1 aliphatic carbocycles. The molecular weight excluding hydrogens is 230 g/mol. The predicted octanol–water partition coefficient (Wildman–Crippen LogP) is 3.78. The number of nitrogens with one attached hydrogen (secondary N) is 1. The zero-order valence-corrected chi connectivity index (χ0v) is 11.7. The van der Waals surface area contributed by atoms with Crippen LogP contribution in [0, 0.1) is 0 Å². The van der Waals surface area contributed by atoms with Gasteiger partial charge in [-0.1, -0.05) is 6.92 Å². The summed E-state index contributed by atoms with van der Waals surface area (Å²) in [6, 6.07) is 3.25. The van der Waals surface area contributed by atoms with Gasteiger partial charge >= 0.3 is 0 Å². The van der Waals surface area contributed by atoms with Gasteiger partial charge in [0.25, 0.3) is 0 Å².